The zero-order valence-electron chi connectivity index (χ0n) is 10.9. The standard InChI is InChI=1S/C13H17F3N2O/c1-12(2)9-17-7-8-18(12)10-3-5-11(6-4-10)19-13(14,15)16/h3-6,17H,7-9H2,1-2H3. The molecule has 1 saturated heterocycles. The molecule has 0 spiro atoms. The summed E-state index contributed by atoms with van der Waals surface area (Å²) in [4.78, 5) is 2.18. The van der Waals surface area contributed by atoms with Crippen molar-refractivity contribution < 1.29 is 17.9 Å². The molecule has 19 heavy (non-hydrogen) atoms. The van der Waals surface area contributed by atoms with Crippen LogP contribution in [0.15, 0.2) is 24.3 Å². The van der Waals surface area contributed by atoms with E-state index in [-0.39, 0.29) is 11.3 Å². The van der Waals surface area contributed by atoms with Crippen molar-refractivity contribution in [2.45, 2.75) is 25.7 Å². The Bertz CT molecular complexity index is 429. The summed E-state index contributed by atoms with van der Waals surface area (Å²) in [5, 5.41) is 3.30. The first kappa shape index (κ1) is 14.0. The fourth-order valence-corrected chi connectivity index (χ4v) is 2.29. The van der Waals surface area contributed by atoms with Crippen LogP contribution >= 0.6 is 0 Å². The maximum atomic E-state index is 12.1. The summed E-state index contributed by atoms with van der Waals surface area (Å²) >= 11 is 0. The highest BCUT2D eigenvalue weighted by Crippen LogP contribution is 2.29. The van der Waals surface area contributed by atoms with Crippen molar-refractivity contribution in [2.75, 3.05) is 24.5 Å². The van der Waals surface area contributed by atoms with Crippen LogP contribution in [0.3, 0.4) is 0 Å². The molecule has 1 aromatic rings. The Morgan fingerprint density at radius 2 is 1.84 bits per heavy atom. The van der Waals surface area contributed by atoms with E-state index in [1.54, 1.807) is 12.1 Å². The first-order valence-corrected chi connectivity index (χ1v) is 6.12. The number of alkyl halides is 3. The van der Waals surface area contributed by atoms with Gasteiger partial charge in [0.25, 0.3) is 0 Å². The minimum Gasteiger partial charge on any atom is -0.406 e. The molecule has 0 amide bonds. The highest BCUT2D eigenvalue weighted by Gasteiger charge is 2.32. The second-order valence-electron chi connectivity index (χ2n) is 5.18. The van der Waals surface area contributed by atoms with Crippen molar-refractivity contribution in [1.82, 2.24) is 5.32 Å². The lowest BCUT2D eigenvalue weighted by molar-refractivity contribution is -0.274. The number of halogens is 3. The summed E-state index contributed by atoms with van der Waals surface area (Å²) in [6.45, 7) is 6.73. The summed E-state index contributed by atoms with van der Waals surface area (Å²) in [6, 6.07) is 6.02. The summed E-state index contributed by atoms with van der Waals surface area (Å²) < 4.78 is 40.1. The number of ether oxygens (including phenoxy) is 1. The molecular weight excluding hydrogens is 257 g/mol. The van der Waals surface area contributed by atoms with E-state index in [0.29, 0.717) is 0 Å². The topological polar surface area (TPSA) is 24.5 Å². The lowest BCUT2D eigenvalue weighted by atomic mass is 9.99. The summed E-state index contributed by atoms with van der Waals surface area (Å²) in [5.74, 6) is -0.191. The maximum absolute atomic E-state index is 12.1. The van der Waals surface area contributed by atoms with Gasteiger partial charge in [0.05, 0.1) is 0 Å². The first-order valence-electron chi connectivity index (χ1n) is 6.12. The Morgan fingerprint density at radius 1 is 1.21 bits per heavy atom. The third-order valence-electron chi connectivity index (χ3n) is 3.18. The van der Waals surface area contributed by atoms with Crippen LogP contribution < -0.4 is 15.0 Å². The van der Waals surface area contributed by atoms with Gasteiger partial charge in [0, 0.05) is 30.9 Å². The van der Waals surface area contributed by atoms with Gasteiger partial charge in [0.15, 0.2) is 0 Å². The maximum Gasteiger partial charge on any atom is 0.573 e. The van der Waals surface area contributed by atoms with E-state index >= 15 is 0 Å². The van der Waals surface area contributed by atoms with Crippen molar-refractivity contribution >= 4 is 5.69 Å². The van der Waals surface area contributed by atoms with Crippen molar-refractivity contribution in [2.24, 2.45) is 0 Å². The molecule has 1 aromatic carbocycles. The van der Waals surface area contributed by atoms with Crippen molar-refractivity contribution in [3.63, 3.8) is 0 Å². The minimum atomic E-state index is -4.64. The normalized spacial score (nSPS) is 19.3. The lowest BCUT2D eigenvalue weighted by Gasteiger charge is -2.44. The van der Waals surface area contributed by atoms with Gasteiger partial charge < -0.3 is 15.0 Å². The number of hydrogen-bond donors (Lipinski definition) is 1. The molecule has 2 rings (SSSR count). The van der Waals surface area contributed by atoms with E-state index < -0.39 is 6.36 Å². The van der Waals surface area contributed by atoms with Crippen LogP contribution in [-0.2, 0) is 0 Å². The highest BCUT2D eigenvalue weighted by atomic mass is 19.4. The Morgan fingerprint density at radius 3 is 2.37 bits per heavy atom. The van der Waals surface area contributed by atoms with E-state index in [9.17, 15) is 13.2 Å². The molecule has 1 N–H and O–H groups in total. The number of rotatable bonds is 2. The Balaban J connectivity index is 2.13. The minimum absolute atomic E-state index is 0.0648. The number of nitrogens with one attached hydrogen (secondary N) is 1. The first-order chi connectivity index (χ1) is 8.78. The summed E-state index contributed by atoms with van der Waals surface area (Å²) in [7, 11) is 0. The molecule has 0 radical (unpaired) electrons. The predicted molar refractivity (Wildman–Crippen MR) is 67.4 cm³/mol. The smallest absolute Gasteiger partial charge is 0.406 e. The van der Waals surface area contributed by atoms with Gasteiger partial charge in [-0.1, -0.05) is 0 Å². The largest absolute Gasteiger partial charge is 0.573 e. The van der Waals surface area contributed by atoms with Gasteiger partial charge in [-0.2, -0.15) is 0 Å². The zero-order chi connectivity index (χ0) is 14.1. The highest BCUT2D eigenvalue weighted by molar-refractivity contribution is 5.51. The molecule has 106 valence electrons. The second-order valence-corrected chi connectivity index (χ2v) is 5.18. The number of benzene rings is 1. The van der Waals surface area contributed by atoms with Crippen LogP contribution in [0, 0.1) is 0 Å². The second kappa shape index (κ2) is 4.92. The van der Waals surface area contributed by atoms with Gasteiger partial charge in [0.1, 0.15) is 5.75 Å². The van der Waals surface area contributed by atoms with Crippen LogP contribution in [0.2, 0.25) is 0 Å². The molecule has 0 saturated carbocycles. The van der Waals surface area contributed by atoms with Crippen LogP contribution in [0.1, 0.15) is 13.8 Å². The van der Waals surface area contributed by atoms with Gasteiger partial charge in [-0.15, -0.1) is 13.2 Å². The molecule has 0 aromatic heterocycles. The van der Waals surface area contributed by atoms with Gasteiger partial charge in [-0.05, 0) is 38.1 Å². The van der Waals surface area contributed by atoms with Gasteiger partial charge in [-0.25, -0.2) is 0 Å². The number of piperazine rings is 1. The third kappa shape index (κ3) is 3.53. The number of nitrogens with zero attached hydrogens (tertiary/aromatic N) is 1. The van der Waals surface area contributed by atoms with E-state index in [0.717, 1.165) is 25.3 Å². The Kier molecular flexibility index (Phi) is 3.62. The van der Waals surface area contributed by atoms with Gasteiger partial charge in [0.2, 0.25) is 0 Å². The molecule has 1 heterocycles. The van der Waals surface area contributed by atoms with E-state index in [1.807, 2.05) is 0 Å². The molecule has 6 heteroatoms. The van der Waals surface area contributed by atoms with E-state index in [1.165, 1.54) is 12.1 Å². The van der Waals surface area contributed by atoms with Gasteiger partial charge >= 0.3 is 6.36 Å². The average molecular weight is 274 g/mol. The van der Waals surface area contributed by atoms with Crippen molar-refractivity contribution in [3.05, 3.63) is 24.3 Å². The average Bonchev–Trinajstić information content (AvgIpc) is 2.28. The molecule has 3 nitrogen and oxygen atoms in total. The molecule has 0 atom stereocenters. The molecule has 1 fully saturated rings. The molecule has 1 aliphatic rings. The Hall–Kier alpha value is -1.43. The van der Waals surface area contributed by atoms with Crippen LogP contribution in [0.5, 0.6) is 5.75 Å². The molecule has 0 bridgehead atoms. The predicted octanol–water partition coefficient (Wildman–Crippen LogP) is 2.77. The van der Waals surface area contributed by atoms with Gasteiger partial charge in [-0.3, -0.25) is 0 Å². The molecule has 0 aliphatic carbocycles. The third-order valence-corrected chi connectivity index (χ3v) is 3.18. The Labute approximate surface area is 110 Å². The quantitative estimate of drug-likeness (QED) is 0.897. The molecule has 1 aliphatic heterocycles. The number of hydrogen-bond acceptors (Lipinski definition) is 3. The zero-order valence-corrected chi connectivity index (χ0v) is 10.9. The van der Waals surface area contributed by atoms with E-state index in [2.05, 4.69) is 28.8 Å². The van der Waals surface area contributed by atoms with E-state index in [4.69, 9.17) is 0 Å². The molecular formula is C13H17F3N2O. The van der Waals surface area contributed by atoms with Crippen LogP contribution in [-0.4, -0.2) is 31.5 Å². The van der Waals surface area contributed by atoms with Crippen molar-refractivity contribution in [1.29, 1.82) is 0 Å². The van der Waals surface area contributed by atoms with Crippen molar-refractivity contribution in [3.8, 4) is 5.75 Å². The lowest BCUT2D eigenvalue weighted by Crippen LogP contribution is -2.58. The fourth-order valence-electron chi connectivity index (χ4n) is 2.29. The summed E-state index contributed by atoms with van der Waals surface area (Å²) in [6.07, 6.45) is -4.64. The van der Waals surface area contributed by atoms with Crippen LogP contribution in [0.4, 0.5) is 18.9 Å². The van der Waals surface area contributed by atoms with Crippen LogP contribution in [0.25, 0.3) is 0 Å². The SMILES string of the molecule is CC1(C)CNCCN1c1ccc(OC(F)(F)F)cc1. The monoisotopic (exact) mass is 274 g/mol. The molecule has 0 unspecified atom stereocenters. The number of anilines is 1. The fraction of sp³-hybridized carbons (Fsp3) is 0.538. The summed E-state index contributed by atoms with van der Waals surface area (Å²) in [5.41, 5.74) is 0.839.